The molecule has 1 saturated carbocycles. The number of aromatic nitrogens is 1. The first kappa shape index (κ1) is 38.9. The fourth-order valence-corrected chi connectivity index (χ4v) is 9.41. The first-order valence-corrected chi connectivity index (χ1v) is 19.6. The van der Waals surface area contributed by atoms with Gasteiger partial charge in [-0.15, -0.1) is 11.3 Å². The molecule has 1 aliphatic carbocycles. The summed E-state index contributed by atoms with van der Waals surface area (Å²) in [7, 11) is -3.12. The van der Waals surface area contributed by atoms with E-state index in [0.29, 0.717) is 26.9 Å². The predicted molar refractivity (Wildman–Crippen MR) is 199 cm³/mol. The number of aliphatic hydroxyl groups is 1. The van der Waals surface area contributed by atoms with E-state index in [-0.39, 0.29) is 30.0 Å². The molecule has 1 aliphatic rings. The minimum Gasteiger partial charge on any atom is -0.453 e. The Hall–Kier alpha value is -4.83. The van der Waals surface area contributed by atoms with Gasteiger partial charge in [-0.05, 0) is 65.8 Å². The number of hydrogen-bond donors (Lipinski definition) is 3. The van der Waals surface area contributed by atoms with Crippen LogP contribution in [0.25, 0.3) is 10.2 Å². The van der Waals surface area contributed by atoms with Crippen molar-refractivity contribution in [2.45, 2.75) is 54.5 Å². The smallest absolute Gasteiger partial charge is 0.407 e. The number of hydrogen-bond acceptors (Lipinski definition) is 8. The largest absolute Gasteiger partial charge is 0.453 e. The van der Waals surface area contributed by atoms with E-state index in [9.17, 15) is 36.3 Å². The van der Waals surface area contributed by atoms with E-state index in [1.54, 1.807) is 35.8 Å². The number of nitrogens with zero attached hydrogens (tertiary/aromatic N) is 2. The van der Waals surface area contributed by atoms with Crippen molar-refractivity contribution >= 4 is 49.3 Å². The maximum Gasteiger partial charge on any atom is 0.407 e. The lowest BCUT2D eigenvalue weighted by Crippen LogP contribution is -2.49. The minimum atomic E-state index is -4.29. The molecule has 1 heterocycles. The summed E-state index contributed by atoms with van der Waals surface area (Å²) < 4.78 is 77.5. The first-order valence-electron chi connectivity index (χ1n) is 17.3. The van der Waals surface area contributed by atoms with Gasteiger partial charge in [-0.25, -0.2) is 31.4 Å². The van der Waals surface area contributed by atoms with E-state index >= 15 is 0 Å². The molecule has 2 atom stereocenters. The van der Waals surface area contributed by atoms with Gasteiger partial charge in [-0.3, -0.25) is 4.79 Å². The van der Waals surface area contributed by atoms with E-state index < -0.39 is 77.1 Å². The number of aliphatic hydroxyl groups excluding tert-OH is 1. The minimum absolute atomic E-state index is 0.00333. The maximum atomic E-state index is 14.8. The molecule has 0 unspecified atom stereocenters. The summed E-state index contributed by atoms with van der Waals surface area (Å²) in [6, 6.07) is 24.0. The first-order chi connectivity index (χ1) is 25.9. The van der Waals surface area contributed by atoms with Crippen molar-refractivity contribution in [3.8, 4) is 0 Å². The van der Waals surface area contributed by atoms with Crippen molar-refractivity contribution < 1.29 is 41.0 Å². The third kappa shape index (κ3) is 8.92. The zero-order valence-corrected chi connectivity index (χ0v) is 30.8. The molecule has 0 aliphatic heterocycles. The molecule has 3 N–H and O–H groups in total. The van der Waals surface area contributed by atoms with Crippen LogP contribution in [0.5, 0.6) is 0 Å². The number of nitrogens with one attached hydrogen (secondary N) is 2. The lowest BCUT2D eigenvalue weighted by Gasteiger charge is -2.40. The Balaban J connectivity index is 1.28. The van der Waals surface area contributed by atoms with Crippen molar-refractivity contribution in [1.82, 2.24) is 14.6 Å². The van der Waals surface area contributed by atoms with Crippen LogP contribution in [0, 0.1) is 11.7 Å². The summed E-state index contributed by atoms with van der Waals surface area (Å²) in [5.41, 5.74) is 4.10. The molecule has 0 bridgehead atoms. The number of amides is 2. The molecule has 0 saturated heterocycles. The lowest BCUT2D eigenvalue weighted by atomic mass is 9.81. The Labute approximate surface area is 315 Å². The van der Waals surface area contributed by atoms with Crippen molar-refractivity contribution in [2.24, 2.45) is 5.92 Å². The molecule has 15 heteroatoms. The van der Waals surface area contributed by atoms with Crippen molar-refractivity contribution in [3.63, 3.8) is 0 Å². The summed E-state index contributed by atoms with van der Waals surface area (Å²) in [6.45, 7) is -0.868. The number of halogens is 3. The topological polar surface area (TPSA) is 138 Å². The van der Waals surface area contributed by atoms with Crippen LogP contribution in [0.1, 0.15) is 41.9 Å². The fraction of sp³-hybridized carbons (Fsp3) is 0.308. The highest BCUT2D eigenvalue weighted by Crippen LogP contribution is 2.43. The molecular formula is C39H39F3N4O6S2. The van der Waals surface area contributed by atoms with Crippen LogP contribution in [0.3, 0.4) is 0 Å². The van der Waals surface area contributed by atoms with Gasteiger partial charge in [0, 0.05) is 37.0 Å². The van der Waals surface area contributed by atoms with Crippen molar-refractivity contribution in [1.29, 1.82) is 0 Å². The molecule has 54 heavy (non-hydrogen) atoms. The van der Waals surface area contributed by atoms with Gasteiger partial charge in [0.25, 0.3) is 0 Å². The Bertz CT molecular complexity index is 2140. The zero-order chi connectivity index (χ0) is 38.5. The van der Waals surface area contributed by atoms with E-state index in [2.05, 4.69) is 15.6 Å². The summed E-state index contributed by atoms with van der Waals surface area (Å²) in [4.78, 5) is 31.0. The molecule has 284 valence electrons. The highest BCUT2D eigenvalue weighted by atomic mass is 32.2. The Morgan fingerprint density at radius 1 is 1.00 bits per heavy atom. The predicted octanol–water partition coefficient (Wildman–Crippen LogP) is 6.96. The van der Waals surface area contributed by atoms with Gasteiger partial charge in [0.1, 0.15) is 11.9 Å². The average molecular weight is 781 g/mol. The highest BCUT2D eigenvalue weighted by molar-refractivity contribution is 7.89. The van der Waals surface area contributed by atoms with Gasteiger partial charge in [0.05, 0.1) is 34.3 Å². The zero-order valence-electron chi connectivity index (χ0n) is 29.2. The number of methoxy groups -OCH3 is 1. The van der Waals surface area contributed by atoms with E-state index in [1.165, 1.54) is 42.7 Å². The Morgan fingerprint density at radius 3 is 2.28 bits per heavy atom. The van der Waals surface area contributed by atoms with Gasteiger partial charge >= 0.3 is 6.09 Å². The second-order valence-electron chi connectivity index (χ2n) is 13.3. The SMILES string of the molecule is COC(=O)N[C@H](C(=O)Nc1cc(F)ccc1CC[C@@H](CO)N(CC1CC(F)(F)C1)S(=O)(=O)c1ccc2ncsc2c1)C(c1ccccc1)c1ccccc1. The Kier molecular flexibility index (Phi) is 12.0. The van der Waals surface area contributed by atoms with Crippen molar-refractivity contribution in [3.05, 3.63) is 125 Å². The molecule has 4 aromatic carbocycles. The average Bonchev–Trinajstić information content (AvgIpc) is 3.63. The van der Waals surface area contributed by atoms with Gasteiger partial charge < -0.3 is 20.5 Å². The summed E-state index contributed by atoms with van der Waals surface area (Å²) in [6.07, 6.45) is -1.77. The van der Waals surface area contributed by atoms with Crippen LogP contribution in [0.2, 0.25) is 0 Å². The summed E-state index contributed by atoms with van der Waals surface area (Å²) in [5, 5.41) is 16.0. The second-order valence-corrected chi connectivity index (χ2v) is 16.0. The molecule has 2 amide bonds. The highest BCUT2D eigenvalue weighted by Gasteiger charge is 2.47. The van der Waals surface area contributed by atoms with Crippen LogP contribution in [-0.4, -0.2) is 73.1 Å². The van der Waals surface area contributed by atoms with Crippen LogP contribution < -0.4 is 10.6 Å². The molecule has 1 aromatic heterocycles. The van der Waals surface area contributed by atoms with Crippen LogP contribution >= 0.6 is 11.3 Å². The van der Waals surface area contributed by atoms with E-state index in [0.717, 1.165) is 10.4 Å². The fourth-order valence-electron chi connectivity index (χ4n) is 6.87. The number of carbonyl (C=O) groups excluding carboxylic acids is 2. The number of fused-ring (bicyclic) bond motifs is 1. The van der Waals surface area contributed by atoms with E-state index in [1.807, 2.05) is 36.4 Å². The number of carbonyl (C=O) groups is 2. The number of rotatable bonds is 15. The third-order valence-corrected chi connectivity index (χ3v) is 12.3. The molecule has 5 aromatic rings. The molecule has 10 nitrogen and oxygen atoms in total. The standard InChI is InChI=1S/C39H39F3N4O6S2/c1-52-38(49)45-36(35(27-8-4-2-5-9-27)28-10-6-3-7-11-28)37(48)44-33-18-29(40)14-12-26(33)13-15-30(23-47)46(22-25-20-39(41,42)21-25)54(50,51)31-16-17-32-34(19-31)53-24-43-32/h2-12,14,16-19,24-25,30,35-36,47H,13,15,20-23H2,1H3,(H,44,48)(H,45,49)/t30-,36-/m0/s1. The van der Waals surface area contributed by atoms with Gasteiger partial charge in [-0.2, -0.15) is 4.31 Å². The normalized spacial score (nSPS) is 15.5. The van der Waals surface area contributed by atoms with Crippen molar-refractivity contribution in [2.75, 3.05) is 25.6 Å². The summed E-state index contributed by atoms with van der Waals surface area (Å²) in [5.74, 6) is -5.56. The van der Waals surface area contributed by atoms with Crippen LogP contribution in [0.4, 0.5) is 23.7 Å². The number of benzene rings is 4. The number of anilines is 1. The lowest BCUT2D eigenvalue weighted by molar-refractivity contribution is -0.118. The number of thiazole rings is 1. The summed E-state index contributed by atoms with van der Waals surface area (Å²) >= 11 is 1.26. The van der Waals surface area contributed by atoms with Gasteiger partial charge in [-0.1, -0.05) is 66.7 Å². The number of alkyl halides is 2. The molecule has 0 spiro atoms. The molecular weight excluding hydrogens is 742 g/mol. The van der Waals surface area contributed by atoms with Gasteiger partial charge in [0.2, 0.25) is 21.9 Å². The second kappa shape index (κ2) is 16.7. The number of alkyl carbamates (subject to hydrolysis) is 1. The number of ether oxygens (including phenoxy) is 1. The molecule has 6 rings (SSSR count). The number of sulfonamides is 1. The Morgan fingerprint density at radius 2 is 1.67 bits per heavy atom. The van der Waals surface area contributed by atoms with Crippen LogP contribution in [-0.2, 0) is 26.0 Å². The maximum absolute atomic E-state index is 14.8. The third-order valence-electron chi connectivity index (χ3n) is 9.61. The molecule has 0 radical (unpaired) electrons. The van der Waals surface area contributed by atoms with Gasteiger partial charge in [0.15, 0.2) is 0 Å². The number of aryl methyl sites for hydroxylation is 1. The van der Waals surface area contributed by atoms with E-state index in [4.69, 9.17) is 4.74 Å². The molecule has 1 fully saturated rings. The monoisotopic (exact) mass is 780 g/mol. The quantitative estimate of drug-likeness (QED) is 0.105. The van der Waals surface area contributed by atoms with Crippen LogP contribution in [0.15, 0.2) is 107 Å².